The van der Waals surface area contributed by atoms with E-state index in [9.17, 15) is 4.79 Å². The van der Waals surface area contributed by atoms with Crippen molar-refractivity contribution in [2.24, 2.45) is 5.73 Å². The maximum absolute atomic E-state index is 10.4. The molecule has 1 aliphatic rings. The lowest BCUT2D eigenvalue weighted by atomic mass is 10.3. The fraction of sp³-hybridized carbons (Fsp3) is 0.364. The van der Waals surface area contributed by atoms with Crippen LogP contribution in [0.4, 0.5) is 11.6 Å². The van der Waals surface area contributed by atoms with E-state index in [2.05, 4.69) is 20.3 Å². The number of hydrogen-bond acceptors (Lipinski definition) is 5. The monoisotopic (exact) mass is 246 g/mol. The van der Waals surface area contributed by atoms with Crippen molar-refractivity contribution in [2.75, 3.05) is 23.3 Å². The molecule has 3 N–H and O–H groups in total. The van der Waals surface area contributed by atoms with Gasteiger partial charge in [0.05, 0.1) is 6.20 Å². The van der Waals surface area contributed by atoms with Crippen molar-refractivity contribution in [1.29, 1.82) is 0 Å². The van der Waals surface area contributed by atoms with E-state index in [1.54, 1.807) is 10.7 Å². The van der Waals surface area contributed by atoms with Crippen LogP contribution < -0.4 is 16.0 Å². The van der Waals surface area contributed by atoms with Gasteiger partial charge in [-0.1, -0.05) is 0 Å². The summed E-state index contributed by atoms with van der Waals surface area (Å²) >= 11 is 0. The maximum Gasteiger partial charge on any atom is 0.212 e. The number of nitrogens with one attached hydrogen (secondary N) is 1. The zero-order valence-electron chi connectivity index (χ0n) is 9.78. The number of rotatable bonds is 3. The summed E-state index contributed by atoms with van der Waals surface area (Å²) < 4.78 is 1.66. The number of aromatic nitrogens is 3. The van der Waals surface area contributed by atoms with E-state index in [1.165, 1.54) is 0 Å². The molecule has 1 saturated heterocycles. The molecule has 1 fully saturated rings. The Balaban J connectivity index is 1.92. The Morgan fingerprint density at radius 1 is 1.50 bits per heavy atom. The predicted octanol–water partition coefficient (Wildman–Crippen LogP) is -0.165. The summed E-state index contributed by atoms with van der Waals surface area (Å²) in [6.07, 6.45) is 3.27. The highest BCUT2D eigenvalue weighted by Crippen LogP contribution is 2.18. The van der Waals surface area contributed by atoms with E-state index < -0.39 is 0 Å². The number of amides is 1. The number of nitrogens with two attached hydrogens (primary N) is 1. The first-order chi connectivity index (χ1) is 8.76. The normalized spacial score (nSPS) is 19.4. The van der Waals surface area contributed by atoms with E-state index in [1.807, 2.05) is 12.1 Å². The van der Waals surface area contributed by atoms with E-state index in [-0.39, 0.29) is 6.04 Å². The molecule has 3 heterocycles. The van der Waals surface area contributed by atoms with Crippen molar-refractivity contribution in [3.05, 3.63) is 18.3 Å². The summed E-state index contributed by atoms with van der Waals surface area (Å²) in [6, 6.07) is 4.02. The topological polar surface area (TPSA) is 88.5 Å². The number of imidazole rings is 1. The molecule has 1 atom stereocenters. The van der Waals surface area contributed by atoms with Crippen LogP contribution in [0.15, 0.2) is 18.3 Å². The van der Waals surface area contributed by atoms with Gasteiger partial charge in [0.15, 0.2) is 11.5 Å². The standard InChI is InChI=1S/C11H14N6O/c12-8-3-4-16(5-8)11-2-1-10-14-9(13-7-18)6-17(10)15-11/h1-2,6-8H,3-5,12H2,(H,13,18)/t8-/m0/s1. The smallest absolute Gasteiger partial charge is 0.212 e. The molecule has 3 rings (SSSR count). The molecule has 0 aromatic carbocycles. The van der Waals surface area contributed by atoms with Crippen LogP contribution in [-0.4, -0.2) is 40.1 Å². The van der Waals surface area contributed by atoms with Crippen LogP contribution in [0.1, 0.15) is 6.42 Å². The van der Waals surface area contributed by atoms with E-state index in [4.69, 9.17) is 5.73 Å². The van der Waals surface area contributed by atoms with Gasteiger partial charge in [-0.15, -0.1) is 5.10 Å². The van der Waals surface area contributed by atoms with Gasteiger partial charge in [0.1, 0.15) is 5.82 Å². The quantitative estimate of drug-likeness (QED) is 0.734. The zero-order chi connectivity index (χ0) is 12.5. The second-order valence-corrected chi connectivity index (χ2v) is 4.38. The molecular formula is C11H14N6O. The number of carbonyl (C=O) groups excluding carboxylic acids is 1. The molecule has 0 saturated carbocycles. The van der Waals surface area contributed by atoms with Gasteiger partial charge in [0, 0.05) is 19.1 Å². The summed E-state index contributed by atoms with van der Waals surface area (Å²) in [7, 11) is 0. The highest BCUT2D eigenvalue weighted by atomic mass is 16.1. The van der Waals surface area contributed by atoms with Crippen molar-refractivity contribution in [3.8, 4) is 0 Å². The Morgan fingerprint density at radius 2 is 2.39 bits per heavy atom. The predicted molar refractivity (Wildman–Crippen MR) is 67.5 cm³/mol. The first-order valence-electron chi connectivity index (χ1n) is 5.83. The highest BCUT2D eigenvalue weighted by molar-refractivity contribution is 5.70. The van der Waals surface area contributed by atoms with Crippen molar-refractivity contribution < 1.29 is 4.79 Å². The minimum absolute atomic E-state index is 0.220. The molecule has 0 aliphatic carbocycles. The van der Waals surface area contributed by atoms with Gasteiger partial charge >= 0.3 is 0 Å². The summed E-state index contributed by atoms with van der Waals surface area (Å²) in [5.41, 5.74) is 6.58. The molecule has 0 unspecified atom stereocenters. The summed E-state index contributed by atoms with van der Waals surface area (Å²) in [6.45, 7) is 1.75. The lowest BCUT2D eigenvalue weighted by molar-refractivity contribution is -0.105. The van der Waals surface area contributed by atoms with Gasteiger partial charge in [-0.05, 0) is 18.6 Å². The van der Waals surface area contributed by atoms with Crippen LogP contribution >= 0.6 is 0 Å². The van der Waals surface area contributed by atoms with Crippen LogP contribution in [0.25, 0.3) is 5.65 Å². The van der Waals surface area contributed by atoms with E-state index >= 15 is 0 Å². The molecule has 18 heavy (non-hydrogen) atoms. The number of nitrogens with zero attached hydrogens (tertiary/aromatic N) is 4. The van der Waals surface area contributed by atoms with Crippen molar-refractivity contribution in [2.45, 2.75) is 12.5 Å². The third-order valence-electron chi connectivity index (χ3n) is 3.06. The summed E-state index contributed by atoms with van der Waals surface area (Å²) in [5, 5.41) is 6.97. The van der Waals surface area contributed by atoms with E-state index in [0.29, 0.717) is 17.9 Å². The number of carbonyl (C=O) groups is 1. The second-order valence-electron chi connectivity index (χ2n) is 4.38. The number of fused-ring (bicyclic) bond motifs is 1. The average Bonchev–Trinajstić information content (AvgIpc) is 2.94. The van der Waals surface area contributed by atoms with Crippen LogP contribution in [-0.2, 0) is 4.79 Å². The molecule has 1 aliphatic heterocycles. The fourth-order valence-electron chi connectivity index (χ4n) is 2.17. The van der Waals surface area contributed by atoms with Crippen LogP contribution in [0.2, 0.25) is 0 Å². The van der Waals surface area contributed by atoms with Gasteiger partial charge in [0.25, 0.3) is 0 Å². The lowest BCUT2D eigenvalue weighted by Gasteiger charge is -2.16. The van der Waals surface area contributed by atoms with Crippen LogP contribution in [0.5, 0.6) is 0 Å². The van der Waals surface area contributed by atoms with Crippen LogP contribution in [0, 0.1) is 0 Å². The summed E-state index contributed by atoms with van der Waals surface area (Å²) in [4.78, 5) is 16.7. The minimum atomic E-state index is 0.220. The molecule has 1 amide bonds. The molecule has 7 nitrogen and oxygen atoms in total. The Hall–Kier alpha value is -2.15. The van der Waals surface area contributed by atoms with Gasteiger partial charge < -0.3 is 16.0 Å². The second kappa shape index (κ2) is 4.26. The van der Waals surface area contributed by atoms with Gasteiger partial charge in [0.2, 0.25) is 6.41 Å². The first-order valence-corrected chi connectivity index (χ1v) is 5.83. The molecular weight excluding hydrogens is 232 g/mol. The molecule has 0 spiro atoms. The molecule has 2 aromatic heterocycles. The summed E-state index contributed by atoms with van der Waals surface area (Å²) in [5.74, 6) is 1.37. The first kappa shape index (κ1) is 11.0. The third-order valence-corrected chi connectivity index (χ3v) is 3.06. The Bertz CT molecular complexity index is 580. The zero-order valence-corrected chi connectivity index (χ0v) is 9.78. The Labute approximate surface area is 104 Å². The van der Waals surface area contributed by atoms with Gasteiger partial charge in [-0.3, -0.25) is 4.79 Å². The maximum atomic E-state index is 10.4. The van der Waals surface area contributed by atoms with E-state index in [0.717, 1.165) is 25.3 Å². The SMILES string of the molecule is N[C@H]1CCN(c2ccc3nc(NC=O)cn3n2)C1. The van der Waals surface area contributed by atoms with Gasteiger partial charge in [-0.25, -0.2) is 9.50 Å². The Kier molecular flexibility index (Phi) is 2.60. The molecule has 0 bridgehead atoms. The van der Waals surface area contributed by atoms with Crippen molar-refractivity contribution in [1.82, 2.24) is 14.6 Å². The Morgan fingerprint density at radius 3 is 3.11 bits per heavy atom. The molecule has 2 aromatic rings. The van der Waals surface area contributed by atoms with Crippen LogP contribution in [0.3, 0.4) is 0 Å². The molecule has 0 radical (unpaired) electrons. The minimum Gasteiger partial charge on any atom is -0.354 e. The fourth-order valence-corrected chi connectivity index (χ4v) is 2.17. The molecule has 94 valence electrons. The van der Waals surface area contributed by atoms with Crippen molar-refractivity contribution >= 4 is 23.7 Å². The van der Waals surface area contributed by atoms with Gasteiger partial charge in [-0.2, -0.15) is 0 Å². The number of hydrogen-bond donors (Lipinski definition) is 2. The van der Waals surface area contributed by atoms with Crippen molar-refractivity contribution in [3.63, 3.8) is 0 Å². The number of anilines is 2. The largest absolute Gasteiger partial charge is 0.354 e. The highest BCUT2D eigenvalue weighted by Gasteiger charge is 2.20. The third kappa shape index (κ3) is 1.88. The average molecular weight is 246 g/mol. The lowest BCUT2D eigenvalue weighted by Crippen LogP contribution is -2.27. The molecule has 7 heteroatoms.